The molecule has 0 radical (unpaired) electrons. The number of aliphatic hydroxyl groups excluding tert-OH is 1. The van der Waals surface area contributed by atoms with Gasteiger partial charge in [0.2, 0.25) is 0 Å². The number of aliphatic hydroxyl groups is 1. The molecule has 3 N–H and O–H groups in total. The lowest BCUT2D eigenvalue weighted by Crippen LogP contribution is -2.45. The Hall–Kier alpha value is -3.49. The maximum absolute atomic E-state index is 12.5. The van der Waals surface area contributed by atoms with Crippen LogP contribution >= 0.6 is 12.2 Å². The Bertz CT molecular complexity index is 1140. The van der Waals surface area contributed by atoms with Gasteiger partial charge in [0.1, 0.15) is 5.75 Å². The van der Waals surface area contributed by atoms with Gasteiger partial charge in [-0.15, -0.1) is 0 Å². The highest BCUT2D eigenvalue weighted by Crippen LogP contribution is 2.31. The largest absolute Gasteiger partial charge is 0.463 e. The fourth-order valence-corrected chi connectivity index (χ4v) is 3.77. The Morgan fingerprint density at radius 2 is 1.94 bits per heavy atom. The zero-order valence-corrected chi connectivity index (χ0v) is 19.5. The van der Waals surface area contributed by atoms with Crippen LogP contribution in [0.4, 0.5) is 0 Å². The van der Waals surface area contributed by atoms with E-state index in [1.54, 1.807) is 38.1 Å². The summed E-state index contributed by atoms with van der Waals surface area (Å²) < 4.78 is 10.6. The summed E-state index contributed by atoms with van der Waals surface area (Å²) in [5.74, 6) is -0.801. The molecule has 0 fully saturated rings. The number of allylic oxidation sites excluding steroid dienone is 1. The standard InChI is InChI=1S/C25H26N2O5S/c1-4-31-24(30)22-16(3)26-25(33)27-23(22)18-9-11-20(19(13-18)14-28)32-21(29)12-10-17-8-6-5-7-15(17)2/h5-13,23,28H,4,14H2,1-3H3,(H2,26,27,33)/b12-10+. The van der Waals surface area contributed by atoms with Crippen molar-refractivity contribution in [2.24, 2.45) is 0 Å². The molecule has 2 aromatic rings. The maximum atomic E-state index is 12.5. The quantitative estimate of drug-likeness (QED) is 0.247. The highest BCUT2D eigenvalue weighted by atomic mass is 32.1. The van der Waals surface area contributed by atoms with E-state index in [-0.39, 0.29) is 19.0 Å². The molecule has 1 unspecified atom stereocenters. The molecule has 33 heavy (non-hydrogen) atoms. The maximum Gasteiger partial charge on any atom is 0.338 e. The van der Waals surface area contributed by atoms with Crippen LogP contribution in [0.15, 0.2) is 59.8 Å². The number of hydrogen-bond acceptors (Lipinski definition) is 6. The second kappa shape index (κ2) is 10.9. The topological polar surface area (TPSA) is 96.9 Å². The third-order valence-electron chi connectivity index (χ3n) is 5.15. The number of carbonyl (C=O) groups excluding carboxylic acids is 2. The van der Waals surface area contributed by atoms with Crippen LogP contribution in [0.2, 0.25) is 0 Å². The molecular weight excluding hydrogens is 440 g/mol. The lowest BCUT2D eigenvalue weighted by molar-refractivity contribution is -0.139. The summed E-state index contributed by atoms with van der Waals surface area (Å²) in [6, 6.07) is 12.1. The first kappa shape index (κ1) is 24.2. The van der Waals surface area contributed by atoms with E-state index in [9.17, 15) is 14.7 Å². The number of aryl methyl sites for hydroxylation is 1. The van der Waals surface area contributed by atoms with E-state index < -0.39 is 18.0 Å². The van der Waals surface area contributed by atoms with Crippen LogP contribution in [-0.2, 0) is 20.9 Å². The first-order chi connectivity index (χ1) is 15.8. The first-order valence-electron chi connectivity index (χ1n) is 10.5. The molecule has 1 atom stereocenters. The van der Waals surface area contributed by atoms with Crippen LogP contribution in [-0.4, -0.2) is 28.8 Å². The Morgan fingerprint density at radius 1 is 1.18 bits per heavy atom. The van der Waals surface area contributed by atoms with Crippen LogP contribution < -0.4 is 15.4 Å². The van der Waals surface area contributed by atoms with Crippen molar-refractivity contribution in [2.45, 2.75) is 33.4 Å². The normalized spacial score (nSPS) is 15.8. The zero-order chi connectivity index (χ0) is 24.0. The molecule has 1 heterocycles. The molecule has 172 valence electrons. The van der Waals surface area contributed by atoms with Gasteiger partial charge in [0.15, 0.2) is 5.11 Å². The monoisotopic (exact) mass is 466 g/mol. The Labute approximate surface area is 198 Å². The van der Waals surface area contributed by atoms with Crippen LogP contribution in [0.1, 0.15) is 42.1 Å². The number of rotatable bonds is 7. The molecule has 0 aliphatic carbocycles. The van der Waals surface area contributed by atoms with E-state index in [2.05, 4.69) is 10.6 Å². The van der Waals surface area contributed by atoms with Crippen molar-refractivity contribution in [2.75, 3.05) is 6.61 Å². The first-order valence-corrected chi connectivity index (χ1v) is 10.9. The van der Waals surface area contributed by atoms with E-state index in [1.165, 1.54) is 6.08 Å². The summed E-state index contributed by atoms with van der Waals surface area (Å²) in [6.07, 6.45) is 3.03. The van der Waals surface area contributed by atoms with Gasteiger partial charge in [-0.1, -0.05) is 30.3 Å². The van der Waals surface area contributed by atoms with Crippen molar-refractivity contribution in [3.63, 3.8) is 0 Å². The number of ether oxygens (including phenoxy) is 2. The summed E-state index contributed by atoms with van der Waals surface area (Å²) >= 11 is 5.25. The smallest absolute Gasteiger partial charge is 0.338 e. The van der Waals surface area contributed by atoms with Crippen molar-refractivity contribution >= 4 is 35.3 Å². The number of esters is 2. The van der Waals surface area contributed by atoms with Crippen molar-refractivity contribution in [1.82, 2.24) is 10.6 Å². The Balaban J connectivity index is 1.85. The van der Waals surface area contributed by atoms with Gasteiger partial charge in [-0.3, -0.25) is 0 Å². The number of hydrogen-bond donors (Lipinski definition) is 3. The minimum atomic E-state index is -0.575. The second-order valence-electron chi connectivity index (χ2n) is 7.43. The fourth-order valence-electron chi connectivity index (χ4n) is 3.50. The average Bonchev–Trinajstić information content (AvgIpc) is 2.78. The average molecular weight is 467 g/mol. The predicted octanol–water partition coefficient (Wildman–Crippen LogP) is 3.46. The lowest BCUT2D eigenvalue weighted by Gasteiger charge is -2.30. The molecule has 1 aliphatic rings. The van der Waals surface area contributed by atoms with Crippen molar-refractivity contribution < 1.29 is 24.2 Å². The van der Waals surface area contributed by atoms with Crippen LogP contribution in [0.25, 0.3) is 6.08 Å². The molecule has 0 saturated heterocycles. The molecule has 2 aromatic carbocycles. The number of benzene rings is 2. The van der Waals surface area contributed by atoms with E-state index >= 15 is 0 Å². The van der Waals surface area contributed by atoms with E-state index in [0.29, 0.717) is 27.5 Å². The summed E-state index contributed by atoms with van der Waals surface area (Å²) in [6.45, 7) is 5.31. The fraction of sp³-hybridized carbons (Fsp3) is 0.240. The van der Waals surface area contributed by atoms with Crippen LogP contribution in [0, 0.1) is 6.92 Å². The van der Waals surface area contributed by atoms with Gasteiger partial charge >= 0.3 is 11.9 Å². The molecule has 0 saturated carbocycles. The van der Waals surface area contributed by atoms with E-state index in [4.69, 9.17) is 21.7 Å². The molecule has 7 nitrogen and oxygen atoms in total. The summed E-state index contributed by atoms with van der Waals surface area (Å²) in [7, 11) is 0. The van der Waals surface area contributed by atoms with Crippen LogP contribution in [0.3, 0.4) is 0 Å². The van der Waals surface area contributed by atoms with Gasteiger partial charge in [-0.05, 0) is 67.9 Å². The zero-order valence-electron chi connectivity index (χ0n) is 18.7. The van der Waals surface area contributed by atoms with Gasteiger partial charge < -0.3 is 25.2 Å². The van der Waals surface area contributed by atoms with Gasteiger partial charge in [-0.2, -0.15) is 0 Å². The van der Waals surface area contributed by atoms with Crippen LogP contribution in [0.5, 0.6) is 5.75 Å². The second-order valence-corrected chi connectivity index (χ2v) is 7.84. The summed E-state index contributed by atoms with van der Waals surface area (Å²) in [4.78, 5) is 24.9. The van der Waals surface area contributed by atoms with E-state index in [1.807, 2.05) is 31.2 Å². The minimum absolute atomic E-state index is 0.232. The third kappa shape index (κ3) is 5.85. The van der Waals surface area contributed by atoms with E-state index in [0.717, 1.165) is 11.1 Å². The number of nitrogens with one attached hydrogen (secondary N) is 2. The molecule has 8 heteroatoms. The highest BCUT2D eigenvalue weighted by molar-refractivity contribution is 7.80. The molecule has 0 spiro atoms. The minimum Gasteiger partial charge on any atom is -0.463 e. The Kier molecular flexibility index (Phi) is 7.97. The number of carbonyl (C=O) groups is 2. The van der Waals surface area contributed by atoms with Crippen molar-refractivity contribution in [3.8, 4) is 5.75 Å². The van der Waals surface area contributed by atoms with Gasteiger partial charge in [0.05, 0.1) is 24.8 Å². The summed E-state index contributed by atoms with van der Waals surface area (Å²) in [5, 5.41) is 16.3. The predicted molar refractivity (Wildman–Crippen MR) is 129 cm³/mol. The summed E-state index contributed by atoms with van der Waals surface area (Å²) in [5.41, 5.74) is 3.99. The van der Waals surface area contributed by atoms with Gasteiger partial charge in [0.25, 0.3) is 0 Å². The third-order valence-corrected chi connectivity index (χ3v) is 5.37. The lowest BCUT2D eigenvalue weighted by atomic mass is 9.94. The highest BCUT2D eigenvalue weighted by Gasteiger charge is 2.31. The molecule has 0 aromatic heterocycles. The number of thiocarbonyl (C=S) groups is 1. The SMILES string of the molecule is CCOC(=O)C1=C(C)NC(=S)NC1c1ccc(OC(=O)/C=C/c2ccccc2C)c(CO)c1. The van der Waals surface area contributed by atoms with Gasteiger partial charge in [-0.25, -0.2) is 9.59 Å². The molecule has 0 amide bonds. The molecule has 0 bridgehead atoms. The molecule has 3 rings (SSSR count). The molecule has 1 aliphatic heterocycles. The van der Waals surface area contributed by atoms with Gasteiger partial charge in [0, 0.05) is 17.3 Å². The van der Waals surface area contributed by atoms with Crippen molar-refractivity contribution in [3.05, 3.63) is 82.1 Å². The Morgan fingerprint density at radius 3 is 2.64 bits per heavy atom. The van der Waals surface area contributed by atoms with Crippen molar-refractivity contribution in [1.29, 1.82) is 0 Å². The molecular formula is C25H26N2O5S.